The summed E-state index contributed by atoms with van der Waals surface area (Å²) in [5, 5.41) is 0. The number of ether oxygens (including phenoxy) is 1. The lowest BCUT2D eigenvalue weighted by atomic mass is 10.0. The largest absolute Gasteiger partial charge is 0.486 e. The van der Waals surface area contributed by atoms with E-state index in [1.165, 1.54) is 0 Å². The van der Waals surface area contributed by atoms with Crippen molar-refractivity contribution in [1.29, 1.82) is 0 Å². The van der Waals surface area contributed by atoms with Crippen LogP contribution in [0.2, 0.25) is 0 Å². The van der Waals surface area contributed by atoms with Crippen LogP contribution in [0, 0.1) is 11.6 Å². The topological polar surface area (TPSA) is 29.5 Å². The molecule has 0 atom stereocenters. The molecule has 2 aromatic rings. The highest BCUT2D eigenvalue weighted by molar-refractivity contribution is 9.10. The molecule has 0 saturated heterocycles. The number of halogens is 4. The molecule has 0 unspecified atom stereocenters. The predicted molar refractivity (Wildman–Crippen MR) is 114 cm³/mol. The zero-order valence-electron chi connectivity index (χ0n) is 15.3. The van der Waals surface area contributed by atoms with Gasteiger partial charge in [-0.1, -0.05) is 34.2 Å². The van der Waals surface area contributed by atoms with Crippen LogP contribution in [0.1, 0.15) is 15.9 Å². The summed E-state index contributed by atoms with van der Waals surface area (Å²) in [5.41, 5.74) is -0.0551. The van der Waals surface area contributed by atoms with E-state index in [1.807, 2.05) is 18.0 Å². The average molecular weight is 473 g/mol. The first kappa shape index (κ1) is 24.0. The van der Waals surface area contributed by atoms with Gasteiger partial charge in [0.2, 0.25) is 0 Å². The maximum absolute atomic E-state index is 14.3. The first-order valence-electron chi connectivity index (χ1n) is 8.29. The van der Waals surface area contributed by atoms with E-state index in [0.29, 0.717) is 6.54 Å². The maximum atomic E-state index is 14.3. The van der Waals surface area contributed by atoms with Crippen molar-refractivity contribution >= 4 is 34.1 Å². The van der Waals surface area contributed by atoms with Crippen molar-refractivity contribution in [2.24, 2.45) is 0 Å². The molecule has 0 spiro atoms. The fourth-order valence-corrected chi connectivity index (χ4v) is 2.59. The van der Waals surface area contributed by atoms with E-state index in [2.05, 4.69) is 22.5 Å². The molecule has 0 aliphatic carbocycles. The third-order valence-corrected chi connectivity index (χ3v) is 4.26. The van der Waals surface area contributed by atoms with E-state index in [0.717, 1.165) is 23.2 Å². The molecule has 0 N–H and O–H groups in total. The van der Waals surface area contributed by atoms with Gasteiger partial charge in [0.05, 0.1) is 5.56 Å². The van der Waals surface area contributed by atoms with Crippen LogP contribution in [0.3, 0.4) is 0 Å². The van der Waals surface area contributed by atoms with E-state index in [4.69, 9.17) is 4.74 Å². The van der Waals surface area contributed by atoms with Gasteiger partial charge >= 0.3 is 0 Å². The summed E-state index contributed by atoms with van der Waals surface area (Å²) >= 11 is 3.26. The molecule has 150 valence electrons. The number of benzene rings is 2. The van der Waals surface area contributed by atoms with Gasteiger partial charge in [0.15, 0.2) is 17.3 Å². The van der Waals surface area contributed by atoms with E-state index in [9.17, 15) is 13.6 Å². The third kappa shape index (κ3) is 6.86. The highest BCUT2D eigenvalue weighted by atomic mass is 79.9. The minimum atomic E-state index is -0.825. The second-order valence-electron chi connectivity index (χ2n) is 5.89. The van der Waals surface area contributed by atoms with Gasteiger partial charge in [-0.3, -0.25) is 9.69 Å². The minimum Gasteiger partial charge on any atom is -0.486 e. The summed E-state index contributed by atoms with van der Waals surface area (Å²) in [4.78, 5) is 14.4. The second-order valence-corrected chi connectivity index (χ2v) is 6.81. The Morgan fingerprint density at radius 3 is 2.46 bits per heavy atom. The lowest BCUT2D eigenvalue weighted by molar-refractivity contribution is 0.103. The summed E-state index contributed by atoms with van der Waals surface area (Å²) in [6, 6.07) is 8.19. The van der Waals surface area contributed by atoms with Crippen LogP contribution < -0.4 is 4.74 Å². The van der Waals surface area contributed by atoms with Crippen LogP contribution in [0.15, 0.2) is 65.7 Å². The molecular formula is C21H21BrClF2NO2. The molecule has 0 saturated carbocycles. The number of hydrogen-bond acceptors (Lipinski definition) is 3. The fourth-order valence-electron chi connectivity index (χ4n) is 2.33. The van der Waals surface area contributed by atoms with E-state index in [1.54, 1.807) is 36.4 Å². The molecule has 2 rings (SSSR count). The number of carbonyl (C=O) groups is 1. The molecule has 3 nitrogen and oxygen atoms in total. The molecule has 0 bridgehead atoms. The number of rotatable bonds is 9. The van der Waals surface area contributed by atoms with Crippen LogP contribution in [0.5, 0.6) is 5.75 Å². The van der Waals surface area contributed by atoms with Crippen LogP contribution in [0.25, 0.3) is 0 Å². The highest BCUT2D eigenvalue weighted by Crippen LogP contribution is 2.24. The molecular weight excluding hydrogens is 452 g/mol. The molecule has 28 heavy (non-hydrogen) atoms. The number of ketones is 1. The summed E-state index contributed by atoms with van der Waals surface area (Å²) in [6.07, 6.45) is 5.38. The molecule has 0 aliphatic heterocycles. The maximum Gasteiger partial charge on any atom is 0.196 e. The van der Waals surface area contributed by atoms with Crippen LogP contribution in [-0.2, 0) is 0 Å². The van der Waals surface area contributed by atoms with Gasteiger partial charge in [0, 0.05) is 29.2 Å². The van der Waals surface area contributed by atoms with Crippen molar-refractivity contribution in [1.82, 2.24) is 4.90 Å². The number of likely N-dealkylation sites (N-methyl/N-ethyl adjacent to an activating group) is 1. The second kappa shape index (κ2) is 11.7. The van der Waals surface area contributed by atoms with Crippen LogP contribution in [0.4, 0.5) is 8.78 Å². The van der Waals surface area contributed by atoms with Gasteiger partial charge in [-0.05, 0) is 37.4 Å². The standard InChI is InChI=1S/C21H20BrF2NO2.ClH/c1-3-10-25(2)11-4-5-12-27-20-14-18(23)17(13-19(20)24)21(26)15-6-8-16(22)9-7-15;/h3-9,13-14H,1,10-12H2,2H3;1H. The highest BCUT2D eigenvalue weighted by Gasteiger charge is 2.18. The Labute approximate surface area is 178 Å². The Morgan fingerprint density at radius 1 is 1.14 bits per heavy atom. The van der Waals surface area contributed by atoms with E-state index in [-0.39, 0.29) is 35.9 Å². The average Bonchev–Trinajstić information content (AvgIpc) is 2.64. The Kier molecular flexibility index (Phi) is 10.1. The molecule has 0 heterocycles. The smallest absolute Gasteiger partial charge is 0.196 e. The monoisotopic (exact) mass is 471 g/mol. The Balaban J connectivity index is 0.00000392. The van der Waals surface area contributed by atoms with Crippen LogP contribution >= 0.6 is 28.3 Å². The van der Waals surface area contributed by atoms with Crippen molar-refractivity contribution in [3.8, 4) is 5.75 Å². The SMILES string of the molecule is C=CCN(C)CC=CCOc1cc(F)c(C(=O)c2ccc(Br)cc2)cc1F.Cl. The number of hydrogen-bond donors (Lipinski definition) is 0. The third-order valence-electron chi connectivity index (χ3n) is 3.73. The first-order valence-corrected chi connectivity index (χ1v) is 9.08. The predicted octanol–water partition coefficient (Wildman–Crippen LogP) is 5.43. The lowest BCUT2D eigenvalue weighted by Gasteiger charge is -2.11. The first-order chi connectivity index (χ1) is 12.9. The van der Waals surface area contributed by atoms with Gasteiger partial charge in [0.1, 0.15) is 12.4 Å². The van der Waals surface area contributed by atoms with Crippen molar-refractivity contribution in [3.05, 3.63) is 88.4 Å². The van der Waals surface area contributed by atoms with E-state index < -0.39 is 17.4 Å². The number of carbonyl (C=O) groups excluding carboxylic acids is 1. The molecule has 0 fully saturated rings. The Hall–Kier alpha value is -2.02. The quantitative estimate of drug-likeness (QED) is 0.360. The summed E-state index contributed by atoms with van der Waals surface area (Å²) in [7, 11) is 1.93. The van der Waals surface area contributed by atoms with Crippen molar-refractivity contribution < 1.29 is 18.3 Å². The van der Waals surface area contributed by atoms with Gasteiger partial charge in [-0.2, -0.15) is 0 Å². The minimum absolute atomic E-state index is 0. The number of nitrogens with zero attached hydrogens (tertiary/aromatic N) is 1. The summed E-state index contributed by atoms with van der Waals surface area (Å²) in [6.45, 7) is 5.18. The molecule has 7 heteroatoms. The Bertz CT molecular complexity index is 841. The van der Waals surface area contributed by atoms with Gasteiger partial charge in [0.25, 0.3) is 0 Å². The normalized spacial score (nSPS) is 10.8. The van der Waals surface area contributed by atoms with Gasteiger partial charge < -0.3 is 4.74 Å². The van der Waals surface area contributed by atoms with Crippen LogP contribution in [-0.4, -0.2) is 37.4 Å². The zero-order chi connectivity index (χ0) is 19.8. The van der Waals surface area contributed by atoms with Crippen molar-refractivity contribution in [2.75, 3.05) is 26.7 Å². The molecule has 2 aromatic carbocycles. The molecule has 0 amide bonds. The van der Waals surface area contributed by atoms with E-state index >= 15 is 0 Å². The summed E-state index contributed by atoms with van der Waals surface area (Å²) < 4.78 is 34.6. The zero-order valence-corrected chi connectivity index (χ0v) is 17.7. The molecule has 0 aromatic heterocycles. The summed E-state index contributed by atoms with van der Waals surface area (Å²) in [5.74, 6) is -2.43. The van der Waals surface area contributed by atoms with Crippen molar-refractivity contribution in [3.63, 3.8) is 0 Å². The fraction of sp³-hybridized carbons (Fsp3) is 0.190. The molecule has 0 radical (unpaired) electrons. The Morgan fingerprint density at radius 2 is 1.82 bits per heavy atom. The van der Waals surface area contributed by atoms with Gasteiger partial charge in [-0.15, -0.1) is 19.0 Å². The lowest BCUT2D eigenvalue weighted by Crippen LogP contribution is -2.17. The van der Waals surface area contributed by atoms with Crippen molar-refractivity contribution in [2.45, 2.75) is 0 Å². The van der Waals surface area contributed by atoms with Gasteiger partial charge in [-0.25, -0.2) is 8.78 Å². The molecule has 0 aliphatic rings.